The van der Waals surface area contributed by atoms with Crippen molar-refractivity contribution in [2.75, 3.05) is 52.4 Å². The standard InChI is InChI=1S/C22H31N3O5.C22H31N3O4.2CH4/c1-22(2,3)30-21(28)24-13-8-17(9-14-24)20(27)23-11-6-16(7-12-23)19(26)18-5-4-10-25(29)15-18;1-22(2,3)29-21(28)25-13-8-17(9-14-25)20(27)24-11-6-16(7-12-24)19(26)18-5-4-10-23-15-18;;/h4-5,10,15-17H,6-9,11-14H2,1-3H3;4-5,10,15-17H,6-9,11-14H2,1-3H3;2*1H4. The number of aromatic nitrogens is 2. The van der Waals surface area contributed by atoms with Crippen molar-refractivity contribution in [3.05, 3.63) is 65.4 Å². The highest BCUT2D eigenvalue weighted by Crippen LogP contribution is 2.28. The fourth-order valence-corrected chi connectivity index (χ4v) is 8.09. The molecule has 338 valence electrons. The molecule has 4 aliphatic rings. The van der Waals surface area contributed by atoms with Crippen molar-refractivity contribution in [2.24, 2.45) is 23.7 Å². The lowest BCUT2D eigenvalue weighted by Gasteiger charge is -2.37. The molecule has 0 aliphatic carbocycles. The molecule has 0 saturated carbocycles. The van der Waals surface area contributed by atoms with Crippen LogP contribution in [0.3, 0.4) is 0 Å². The maximum atomic E-state index is 12.9. The van der Waals surface area contributed by atoms with Crippen molar-refractivity contribution in [3.8, 4) is 0 Å². The molecule has 61 heavy (non-hydrogen) atoms. The van der Waals surface area contributed by atoms with Gasteiger partial charge in [-0.25, -0.2) is 9.59 Å². The number of amides is 4. The van der Waals surface area contributed by atoms with Crippen LogP contribution in [0.4, 0.5) is 9.59 Å². The molecular formula is C46H70N6O9. The van der Waals surface area contributed by atoms with Crippen LogP contribution >= 0.6 is 0 Å². The Balaban J connectivity index is 0.000000315. The molecule has 4 amide bonds. The molecule has 6 rings (SSSR count). The van der Waals surface area contributed by atoms with Crippen molar-refractivity contribution in [2.45, 2.75) is 119 Å². The maximum Gasteiger partial charge on any atom is 0.410 e. The van der Waals surface area contributed by atoms with Gasteiger partial charge in [0.15, 0.2) is 24.0 Å². The number of piperidine rings is 4. The van der Waals surface area contributed by atoms with Crippen molar-refractivity contribution in [1.82, 2.24) is 24.6 Å². The Morgan fingerprint density at radius 1 is 0.574 bits per heavy atom. The summed E-state index contributed by atoms with van der Waals surface area (Å²) >= 11 is 0. The predicted molar refractivity (Wildman–Crippen MR) is 231 cm³/mol. The van der Waals surface area contributed by atoms with Gasteiger partial charge in [0, 0.05) is 100 Å². The van der Waals surface area contributed by atoms with Gasteiger partial charge in [0.1, 0.15) is 11.2 Å². The number of pyridine rings is 2. The molecule has 0 spiro atoms. The molecule has 0 N–H and O–H groups in total. The lowest BCUT2D eigenvalue weighted by atomic mass is 9.88. The molecule has 0 atom stereocenters. The molecule has 15 nitrogen and oxygen atoms in total. The summed E-state index contributed by atoms with van der Waals surface area (Å²) in [5, 5.41) is 11.4. The first-order chi connectivity index (χ1) is 27.9. The fraction of sp³-hybridized carbons (Fsp3) is 0.652. The van der Waals surface area contributed by atoms with E-state index in [9.17, 15) is 34.0 Å². The van der Waals surface area contributed by atoms with Gasteiger partial charge in [-0.1, -0.05) is 14.9 Å². The van der Waals surface area contributed by atoms with E-state index in [-0.39, 0.29) is 74.1 Å². The summed E-state index contributed by atoms with van der Waals surface area (Å²) in [6.45, 7) is 15.5. The third kappa shape index (κ3) is 14.5. The van der Waals surface area contributed by atoms with E-state index in [1.165, 1.54) is 12.4 Å². The van der Waals surface area contributed by atoms with E-state index < -0.39 is 11.2 Å². The monoisotopic (exact) mass is 851 g/mol. The van der Waals surface area contributed by atoms with E-state index in [1.807, 2.05) is 51.3 Å². The molecular weight excluding hydrogens is 781 g/mol. The average Bonchev–Trinajstić information content (AvgIpc) is 3.22. The molecule has 0 aromatic carbocycles. The van der Waals surface area contributed by atoms with E-state index in [1.54, 1.807) is 46.5 Å². The third-order valence-electron chi connectivity index (χ3n) is 11.4. The van der Waals surface area contributed by atoms with Gasteiger partial charge in [-0.15, -0.1) is 0 Å². The average molecular weight is 851 g/mol. The van der Waals surface area contributed by atoms with E-state index in [4.69, 9.17) is 9.47 Å². The fourth-order valence-electron chi connectivity index (χ4n) is 8.09. The Morgan fingerprint density at radius 3 is 1.30 bits per heavy atom. The maximum absolute atomic E-state index is 12.9. The van der Waals surface area contributed by atoms with Gasteiger partial charge in [-0.2, -0.15) is 4.73 Å². The van der Waals surface area contributed by atoms with Crippen LogP contribution in [0.25, 0.3) is 0 Å². The minimum Gasteiger partial charge on any atom is -0.619 e. The molecule has 0 bridgehead atoms. The summed E-state index contributed by atoms with van der Waals surface area (Å²) in [7, 11) is 0. The Bertz CT molecular complexity index is 1780. The summed E-state index contributed by atoms with van der Waals surface area (Å²) in [4.78, 5) is 86.5. The lowest BCUT2D eigenvalue weighted by Crippen LogP contribution is -2.48. The van der Waals surface area contributed by atoms with Crippen molar-refractivity contribution in [1.29, 1.82) is 0 Å². The van der Waals surface area contributed by atoms with Crippen molar-refractivity contribution >= 4 is 35.6 Å². The minimum atomic E-state index is -0.529. The van der Waals surface area contributed by atoms with Crippen LogP contribution in [0.15, 0.2) is 49.1 Å². The van der Waals surface area contributed by atoms with Gasteiger partial charge < -0.3 is 34.3 Å². The number of likely N-dealkylation sites (tertiary alicyclic amines) is 4. The number of nitrogens with zero attached hydrogens (tertiary/aromatic N) is 6. The number of ketones is 2. The zero-order valence-corrected chi connectivity index (χ0v) is 35.6. The number of carbonyl (C=O) groups is 6. The van der Waals surface area contributed by atoms with Crippen LogP contribution in [-0.4, -0.2) is 124 Å². The Morgan fingerprint density at radius 2 is 0.934 bits per heavy atom. The van der Waals surface area contributed by atoms with Gasteiger partial charge in [0.2, 0.25) is 11.8 Å². The van der Waals surface area contributed by atoms with Gasteiger partial charge in [0.25, 0.3) is 0 Å². The molecule has 4 fully saturated rings. The largest absolute Gasteiger partial charge is 0.619 e. The number of ether oxygens (including phenoxy) is 2. The van der Waals surface area contributed by atoms with Gasteiger partial charge >= 0.3 is 12.2 Å². The summed E-state index contributed by atoms with van der Waals surface area (Å²) < 4.78 is 11.5. The Hall–Kier alpha value is -5.08. The quantitative estimate of drug-likeness (QED) is 0.171. The Kier molecular flexibility index (Phi) is 18.2. The SMILES string of the molecule is C.C.CC(C)(C)OC(=O)N1CCC(C(=O)N2CCC(C(=O)c3ccc[n+]([O-])c3)CC2)CC1.CC(C)(C)OC(=O)N1CCC(C(=O)N2CCC(C(=O)c3cccnc3)CC2)CC1. The molecule has 4 aliphatic heterocycles. The normalized spacial score (nSPS) is 18.4. The first kappa shape index (κ1) is 50.3. The second kappa shape index (κ2) is 22.1. The van der Waals surface area contributed by atoms with Crippen LogP contribution in [0.1, 0.15) is 128 Å². The van der Waals surface area contributed by atoms with Gasteiger partial charge in [-0.3, -0.25) is 24.2 Å². The summed E-state index contributed by atoms with van der Waals surface area (Å²) in [6, 6.07) is 6.80. The molecule has 6 heterocycles. The Labute approximate surface area is 362 Å². The molecule has 2 aromatic rings. The van der Waals surface area contributed by atoms with Crippen LogP contribution in [0.2, 0.25) is 0 Å². The van der Waals surface area contributed by atoms with Gasteiger partial charge in [-0.05, 0) is 111 Å². The molecule has 15 heteroatoms. The topological polar surface area (TPSA) is 174 Å². The first-order valence-electron chi connectivity index (χ1n) is 21.1. The number of carbonyl (C=O) groups excluding carboxylic acids is 6. The van der Waals surface area contributed by atoms with E-state index in [0.717, 1.165) is 0 Å². The number of hydrogen-bond acceptors (Lipinski definition) is 10. The second-order valence-corrected chi connectivity index (χ2v) is 18.1. The van der Waals surface area contributed by atoms with Crippen LogP contribution in [0.5, 0.6) is 0 Å². The third-order valence-corrected chi connectivity index (χ3v) is 11.4. The van der Waals surface area contributed by atoms with Crippen molar-refractivity contribution in [3.63, 3.8) is 0 Å². The highest BCUT2D eigenvalue weighted by atomic mass is 16.6. The number of rotatable bonds is 6. The number of Topliss-reactive ketones (excluding diaryl/α,β-unsaturated/α-hetero) is 2. The van der Waals surface area contributed by atoms with E-state index >= 15 is 0 Å². The second-order valence-electron chi connectivity index (χ2n) is 18.1. The molecule has 0 radical (unpaired) electrons. The molecule has 0 unspecified atom stereocenters. The van der Waals surface area contributed by atoms with E-state index in [2.05, 4.69) is 4.98 Å². The van der Waals surface area contributed by atoms with Crippen LogP contribution in [0, 0.1) is 28.9 Å². The molecule has 4 saturated heterocycles. The lowest BCUT2D eigenvalue weighted by molar-refractivity contribution is -0.605. The van der Waals surface area contributed by atoms with Gasteiger partial charge in [0.05, 0.1) is 5.56 Å². The minimum absolute atomic E-state index is 0. The zero-order chi connectivity index (χ0) is 42.9. The summed E-state index contributed by atoms with van der Waals surface area (Å²) in [5.41, 5.74) is 0.0270. The summed E-state index contributed by atoms with van der Waals surface area (Å²) in [5.74, 6) is 0.00303. The van der Waals surface area contributed by atoms with Crippen LogP contribution in [-0.2, 0) is 19.1 Å². The predicted octanol–water partition coefficient (Wildman–Crippen LogP) is 6.81. The van der Waals surface area contributed by atoms with E-state index in [0.29, 0.717) is 120 Å². The smallest absolute Gasteiger partial charge is 0.410 e. The zero-order valence-electron chi connectivity index (χ0n) is 35.6. The highest BCUT2D eigenvalue weighted by Gasteiger charge is 2.36. The number of hydrogen-bond donors (Lipinski definition) is 0. The first-order valence-corrected chi connectivity index (χ1v) is 21.1. The van der Waals surface area contributed by atoms with Crippen LogP contribution < -0.4 is 4.73 Å². The summed E-state index contributed by atoms with van der Waals surface area (Å²) in [6.07, 6.45) is 10.5. The highest BCUT2D eigenvalue weighted by molar-refractivity contribution is 5.98. The van der Waals surface area contributed by atoms with Crippen molar-refractivity contribution < 1.29 is 43.0 Å². The molecule has 2 aromatic heterocycles.